The Morgan fingerprint density at radius 1 is 1.08 bits per heavy atom. The summed E-state index contributed by atoms with van der Waals surface area (Å²) < 4.78 is 17.1. The van der Waals surface area contributed by atoms with Crippen LogP contribution in [0, 0.1) is 0 Å². The summed E-state index contributed by atoms with van der Waals surface area (Å²) in [4.78, 5) is 27.1. The number of rotatable bonds is 8. The Labute approximate surface area is 223 Å². The van der Waals surface area contributed by atoms with Crippen LogP contribution in [0.5, 0.6) is 11.5 Å². The molecule has 0 spiro atoms. The first-order valence-electron chi connectivity index (χ1n) is 12.7. The van der Waals surface area contributed by atoms with Gasteiger partial charge in [-0.25, -0.2) is 4.79 Å². The van der Waals surface area contributed by atoms with Gasteiger partial charge in [0.1, 0.15) is 0 Å². The van der Waals surface area contributed by atoms with E-state index in [9.17, 15) is 9.59 Å². The second-order valence-electron chi connectivity index (χ2n) is 9.78. The molecule has 196 valence electrons. The number of nitrogens with one attached hydrogen (secondary N) is 1. The van der Waals surface area contributed by atoms with E-state index in [2.05, 4.69) is 5.32 Å². The minimum absolute atomic E-state index is 0.00585. The molecule has 1 aliphatic heterocycles. The van der Waals surface area contributed by atoms with E-state index >= 15 is 0 Å². The lowest BCUT2D eigenvalue weighted by atomic mass is 9.71. The lowest BCUT2D eigenvalue weighted by Crippen LogP contribution is -2.36. The summed E-state index contributed by atoms with van der Waals surface area (Å²) in [5.74, 6) is 0.202. The minimum Gasteiger partial charge on any atom is -0.493 e. The van der Waals surface area contributed by atoms with E-state index < -0.39 is 11.9 Å². The zero-order valence-corrected chi connectivity index (χ0v) is 22.8. The van der Waals surface area contributed by atoms with Crippen LogP contribution in [-0.4, -0.2) is 31.6 Å². The van der Waals surface area contributed by atoms with Crippen molar-refractivity contribution in [1.29, 1.82) is 0 Å². The Morgan fingerprint density at radius 3 is 2.43 bits per heavy atom. The van der Waals surface area contributed by atoms with Crippen LogP contribution in [0.1, 0.15) is 69.9 Å². The molecule has 1 aliphatic carbocycles. The van der Waals surface area contributed by atoms with Crippen LogP contribution < -0.4 is 14.8 Å². The van der Waals surface area contributed by atoms with Crippen molar-refractivity contribution >= 4 is 23.4 Å². The molecule has 4 rings (SSSR count). The molecule has 0 saturated heterocycles. The molecule has 7 heteroatoms. The van der Waals surface area contributed by atoms with Gasteiger partial charge >= 0.3 is 5.97 Å². The molecule has 2 atom stereocenters. The van der Waals surface area contributed by atoms with Crippen molar-refractivity contribution in [2.75, 3.05) is 13.7 Å². The first kappa shape index (κ1) is 26.8. The number of hydrogen-bond acceptors (Lipinski definition) is 6. The van der Waals surface area contributed by atoms with Crippen LogP contribution in [0.25, 0.3) is 0 Å². The summed E-state index contributed by atoms with van der Waals surface area (Å²) in [5, 5.41) is 4.05. The van der Waals surface area contributed by atoms with Crippen LogP contribution >= 0.6 is 11.6 Å². The van der Waals surface area contributed by atoms with Gasteiger partial charge in [-0.2, -0.15) is 0 Å². The summed E-state index contributed by atoms with van der Waals surface area (Å²) in [6, 6.07) is 13.3. The predicted octanol–water partition coefficient (Wildman–Crippen LogP) is 6.45. The largest absolute Gasteiger partial charge is 0.493 e. The van der Waals surface area contributed by atoms with E-state index in [1.807, 2.05) is 70.2 Å². The monoisotopic (exact) mass is 523 g/mol. The fourth-order valence-electron chi connectivity index (χ4n) is 5.09. The molecule has 1 N–H and O–H groups in total. The third-order valence-electron chi connectivity index (χ3n) is 6.71. The number of halogens is 1. The van der Waals surface area contributed by atoms with E-state index in [1.165, 1.54) is 0 Å². The topological polar surface area (TPSA) is 73.9 Å². The molecule has 37 heavy (non-hydrogen) atoms. The molecule has 6 nitrogen and oxygen atoms in total. The number of ketones is 1. The Kier molecular flexibility index (Phi) is 8.28. The smallest absolute Gasteiger partial charge is 0.337 e. The summed E-state index contributed by atoms with van der Waals surface area (Å²) in [6.45, 7) is 8.09. The Balaban J connectivity index is 1.80. The molecule has 2 aromatic rings. The van der Waals surface area contributed by atoms with Gasteiger partial charge in [-0.3, -0.25) is 4.79 Å². The van der Waals surface area contributed by atoms with Gasteiger partial charge in [0.2, 0.25) is 0 Å². The molecular formula is C30H34ClNO5. The number of carbonyl (C=O) groups excluding carboxylic acids is 2. The number of methoxy groups -OCH3 is 1. The molecule has 0 aromatic heterocycles. The summed E-state index contributed by atoms with van der Waals surface area (Å²) in [7, 11) is 1.59. The van der Waals surface area contributed by atoms with Crippen LogP contribution in [0.2, 0.25) is 5.02 Å². The van der Waals surface area contributed by atoms with Crippen LogP contribution in [0.3, 0.4) is 0 Å². The molecule has 0 saturated carbocycles. The van der Waals surface area contributed by atoms with Gasteiger partial charge in [0.15, 0.2) is 17.3 Å². The fraction of sp³-hybridized carbons (Fsp3) is 0.400. The first-order chi connectivity index (χ1) is 17.7. The Bertz CT molecular complexity index is 1250. The van der Waals surface area contributed by atoms with Crippen molar-refractivity contribution in [1.82, 2.24) is 5.32 Å². The van der Waals surface area contributed by atoms with Crippen molar-refractivity contribution in [2.24, 2.45) is 0 Å². The average molecular weight is 524 g/mol. The number of Topliss-reactive ketones (excluding diaryl/α,β-unsaturated/α-hetero) is 1. The van der Waals surface area contributed by atoms with Gasteiger partial charge in [-0.05, 0) is 74.9 Å². The van der Waals surface area contributed by atoms with E-state index in [0.29, 0.717) is 52.8 Å². The van der Waals surface area contributed by atoms with Crippen LogP contribution in [0.15, 0.2) is 65.0 Å². The van der Waals surface area contributed by atoms with E-state index in [-0.39, 0.29) is 17.8 Å². The quantitative estimate of drug-likeness (QED) is 0.401. The lowest BCUT2D eigenvalue weighted by Gasteiger charge is -2.37. The maximum atomic E-state index is 13.8. The Hall–Kier alpha value is -3.25. The molecule has 0 radical (unpaired) electrons. The maximum Gasteiger partial charge on any atom is 0.337 e. The lowest BCUT2D eigenvalue weighted by molar-refractivity contribution is -0.143. The number of benzene rings is 2. The van der Waals surface area contributed by atoms with E-state index in [0.717, 1.165) is 23.2 Å². The number of dihydropyridines is 1. The molecule has 2 aromatic carbocycles. The normalized spacial score (nSPS) is 19.5. The highest BCUT2D eigenvalue weighted by Gasteiger charge is 2.41. The van der Waals surface area contributed by atoms with Crippen molar-refractivity contribution in [2.45, 2.75) is 64.9 Å². The molecule has 0 amide bonds. The SMILES string of the molecule is CCCOc1ccc([C@H]2C(C(=O)OC(C)C)=C(C)NC3=C2C(=O)C[C@H](c2ccc(Cl)cc2)C3)cc1OC. The highest BCUT2D eigenvalue weighted by Crippen LogP contribution is 2.47. The number of hydrogen-bond donors (Lipinski definition) is 1. The highest BCUT2D eigenvalue weighted by molar-refractivity contribution is 6.30. The number of carbonyl (C=O) groups is 2. The van der Waals surface area contributed by atoms with E-state index in [1.54, 1.807) is 7.11 Å². The third-order valence-corrected chi connectivity index (χ3v) is 6.97. The summed E-state index contributed by atoms with van der Waals surface area (Å²) in [5.41, 5.74) is 4.41. The first-order valence-corrected chi connectivity index (χ1v) is 13.1. The molecule has 1 heterocycles. The minimum atomic E-state index is -0.574. The molecule has 2 aliphatic rings. The van der Waals surface area contributed by atoms with Crippen molar-refractivity contribution in [3.05, 3.63) is 81.2 Å². The van der Waals surface area contributed by atoms with Gasteiger partial charge in [0.25, 0.3) is 0 Å². The van der Waals surface area contributed by atoms with Gasteiger partial charge < -0.3 is 19.5 Å². The number of allylic oxidation sites excluding steroid dienone is 3. The second kappa shape index (κ2) is 11.4. The standard InChI is InChI=1S/C30H34ClNO5/c1-6-13-36-25-12-9-20(16-26(25)35-5)28-27(30(34)37-17(2)3)18(4)32-23-14-21(15-24(33)29(23)28)19-7-10-22(31)11-8-19/h7-12,16-17,21,28,32H,6,13-15H2,1-5H3/t21-,28+/m1/s1. The summed E-state index contributed by atoms with van der Waals surface area (Å²) in [6.07, 6.45) is 1.57. The van der Waals surface area contributed by atoms with Crippen LogP contribution in [-0.2, 0) is 14.3 Å². The second-order valence-corrected chi connectivity index (χ2v) is 10.2. The van der Waals surface area contributed by atoms with Crippen molar-refractivity contribution in [3.8, 4) is 11.5 Å². The molecule has 0 unspecified atom stereocenters. The van der Waals surface area contributed by atoms with Gasteiger partial charge in [-0.15, -0.1) is 0 Å². The Morgan fingerprint density at radius 2 is 1.78 bits per heavy atom. The summed E-state index contributed by atoms with van der Waals surface area (Å²) >= 11 is 6.08. The molecule has 0 fully saturated rings. The van der Waals surface area contributed by atoms with E-state index in [4.69, 9.17) is 25.8 Å². The molecular weight excluding hydrogens is 490 g/mol. The number of ether oxygens (including phenoxy) is 3. The highest BCUT2D eigenvalue weighted by atomic mass is 35.5. The zero-order chi connectivity index (χ0) is 26.7. The third kappa shape index (κ3) is 5.69. The van der Waals surface area contributed by atoms with Gasteiger partial charge in [0, 0.05) is 34.3 Å². The van der Waals surface area contributed by atoms with Crippen molar-refractivity contribution < 1.29 is 23.8 Å². The van der Waals surface area contributed by atoms with Gasteiger partial charge in [0.05, 0.1) is 25.4 Å². The van der Waals surface area contributed by atoms with Gasteiger partial charge in [-0.1, -0.05) is 36.7 Å². The predicted molar refractivity (Wildman–Crippen MR) is 144 cm³/mol. The average Bonchev–Trinajstić information content (AvgIpc) is 2.86. The maximum absolute atomic E-state index is 13.8. The molecule has 0 bridgehead atoms. The van der Waals surface area contributed by atoms with Crippen molar-refractivity contribution in [3.63, 3.8) is 0 Å². The number of esters is 1. The van der Waals surface area contributed by atoms with Crippen LogP contribution in [0.4, 0.5) is 0 Å². The fourth-order valence-corrected chi connectivity index (χ4v) is 5.21. The zero-order valence-electron chi connectivity index (χ0n) is 22.0.